The summed E-state index contributed by atoms with van der Waals surface area (Å²) in [5.41, 5.74) is 0.852. The zero-order chi connectivity index (χ0) is 13.8. The van der Waals surface area contributed by atoms with Crippen molar-refractivity contribution < 1.29 is 14.6 Å². The molecule has 0 atom stereocenters. The number of benzene rings is 1. The van der Waals surface area contributed by atoms with Crippen molar-refractivity contribution in [1.29, 1.82) is 0 Å². The van der Waals surface area contributed by atoms with E-state index >= 15 is 0 Å². The standard InChI is InChI=1S/C13H11BrN2O3/c1-8-5-9(14)6-10(13(17)18)12(8)19-7-11-15-3-2-4-16-11/h2-6H,7H2,1H3,(H,17,18). The van der Waals surface area contributed by atoms with E-state index < -0.39 is 5.97 Å². The number of aromatic carboxylic acids is 1. The molecule has 19 heavy (non-hydrogen) atoms. The number of ether oxygens (including phenoxy) is 1. The number of hydrogen-bond donors (Lipinski definition) is 1. The summed E-state index contributed by atoms with van der Waals surface area (Å²) >= 11 is 3.27. The summed E-state index contributed by atoms with van der Waals surface area (Å²) in [4.78, 5) is 19.3. The predicted octanol–water partition coefficient (Wildman–Crippen LogP) is 2.82. The highest BCUT2D eigenvalue weighted by Crippen LogP contribution is 2.28. The first-order chi connectivity index (χ1) is 9.08. The highest BCUT2D eigenvalue weighted by Gasteiger charge is 2.15. The van der Waals surface area contributed by atoms with Crippen LogP contribution in [0, 0.1) is 6.92 Å². The second-order valence-electron chi connectivity index (χ2n) is 3.86. The van der Waals surface area contributed by atoms with Gasteiger partial charge < -0.3 is 9.84 Å². The summed E-state index contributed by atoms with van der Waals surface area (Å²) < 4.78 is 6.24. The number of carbonyl (C=O) groups is 1. The second-order valence-corrected chi connectivity index (χ2v) is 4.77. The van der Waals surface area contributed by atoms with Gasteiger partial charge in [-0.1, -0.05) is 15.9 Å². The van der Waals surface area contributed by atoms with Crippen molar-refractivity contribution in [2.45, 2.75) is 13.5 Å². The van der Waals surface area contributed by atoms with E-state index in [1.165, 1.54) is 6.07 Å². The number of halogens is 1. The second kappa shape index (κ2) is 5.79. The van der Waals surface area contributed by atoms with Crippen LogP contribution >= 0.6 is 15.9 Å². The molecule has 98 valence electrons. The van der Waals surface area contributed by atoms with Crippen LogP contribution in [0.4, 0.5) is 0 Å². The molecular weight excluding hydrogens is 312 g/mol. The maximum Gasteiger partial charge on any atom is 0.339 e. The molecule has 5 nitrogen and oxygen atoms in total. The molecule has 0 spiro atoms. The smallest absolute Gasteiger partial charge is 0.339 e. The normalized spacial score (nSPS) is 10.2. The third kappa shape index (κ3) is 3.29. The van der Waals surface area contributed by atoms with Crippen LogP contribution < -0.4 is 4.74 Å². The van der Waals surface area contributed by atoms with Gasteiger partial charge in [-0.3, -0.25) is 0 Å². The van der Waals surface area contributed by atoms with Gasteiger partial charge in [0.2, 0.25) is 0 Å². The molecule has 2 rings (SSSR count). The first-order valence-corrected chi connectivity index (χ1v) is 6.29. The Balaban J connectivity index is 2.27. The number of carboxylic acid groups (broad SMARTS) is 1. The average Bonchev–Trinajstić information content (AvgIpc) is 2.38. The quantitative estimate of drug-likeness (QED) is 0.937. The maximum absolute atomic E-state index is 11.2. The van der Waals surface area contributed by atoms with Gasteiger partial charge >= 0.3 is 5.97 Å². The first-order valence-electron chi connectivity index (χ1n) is 5.50. The maximum atomic E-state index is 11.2. The van der Waals surface area contributed by atoms with Gasteiger partial charge in [-0.25, -0.2) is 14.8 Å². The lowest BCUT2D eigenvalue weighted by atomic mass is 10.1. The molecule has 0 amide bonds. The number of aromatic nitrogens is 2. The lowest BCUT2D eigenvalue weighted by molar-refractivity contribution is 0.0691. The van der Waals surface area contributed by atoms with E-state index in [0.29, 0.717) is 16.0 Å². The van der Waals surface area contributed by atoms with Crippen LogP contribution in [-0.4, -0.2) is 21.0 Å². The lowest BCUT2D eigenvalue weighted by Crippen LogP contribution is -2.07. The monoisotopic (exact) mass is 322 g/mol. The fourth-order valence-electron chi connectivity index (χ4n) is 1.62. The van der Waals surface area contributed by atoms with Crippen molar-refractivity contribution in [3.63, 3.8) is 0 Å². The Bertz CT molecular complexity index is 602. The summed E-state index contributed by atoms with van der Waals surface area (Å²) in [6, 6.07) is 5.02. The molecule has 0 aliphatic heterocycles. The van der Waals surface area contributed by atoms with E-state index in [0.717, 1.165) is 5.56 Å². The summed E-state index contributed by atoms with van der Waals surface area (Å²) in [7, 11) is 0. The van der Waals surface area contributed by atoms with Gasteiger partial charge in [0.15, 0.2) is 5.82 Å². The highest BCUT2D eigenvalue weighted by molar-refractivity contribution is 9.10. The molecule has 0 aliphatic rings. The fourth-order valence-corrected chi connectivity index (χ4v) is 2.19. The Labute approximate surface area is 118 Å². The molecular formula is C13H11BrN2O3. The fraction of sp³-hybridized carbons (Fsp3) is 0.154. The lowest BCUT2D eigenvalue weighted by Gasteiger charge is -2.12. The van der Waals surface area contributed by atoms with Crippen molar-refractivity contribution in [2.24, 2.45) is 0 Å². The predicted molar refractivity (Wildman–Crippen MR) is 72.2 cm³/mol. The SMILES string of the molecule is Cc1cc(Br)cc(C(=O)O)c1OCc1ncccn1. The number of aryl methyl sites for hydroxylation is 1. The minimum Gasteiger partial charge on any atom is -0.484 e. The van der Waals surface area contributed by atoms with Gasteiger partial charge in [-0.2, -0.15) is 0 Å². The zero-order valence-electron chi connectivity index (χ0n) is 10.1. The van der Waals surface area contributed by atoms with Gasteiger partial charge in [-0.15, -0.1) is 0 Å². The summed E-state index contributed by atoms with van der Waals surface area (Å²) in [6.45, 7) is 1.92. The summed E-state index contributed by atoms with van der Waals surface area (Å²) in [5.74, 6) is -0.197. The highest BCUT2D eigenvalue weighted by atomic mass is 79.9. The molecule has 1 aromatic heterocycles. The van der Waals surface area contributed by atoms with Gasteiger partial charge in [0.25, 0.3) is 0 Å². The van der Waals surface area contributed by atoms with E-state index in [4.69, 9.17) is 4.74 Å². The zero-order valence-corrected chi connectivity index (χ0v) is 11.7. The van der Waals surface area contributed by atoms with Crippen molar-refractivity contribution in [3.8, 4) is 5.75 Å². The molecule has 6 heteroatoms. The molecule has 0 radical (unpaired) electrons. The number of nitrogens with zero attached hydrogens (tertiary/aromatic N) is 2. The van der Waals surface area contributed by atoms with Crippen LogP contribution in [-0.2, 0) is 6.61 Å². The number of rotatable bonds is 4. The van der Waals surface area contributed by atoms with Crippen molar-refractivity contribution in [1.82, 2.24) is 9.97 Å². The Morgan fingerprint density at radius 1 is 1.37 bits per heavy atom. The van der Waals surface area contributed by atoms with Gasteiger partial charge in [0, 0.05) is 16.9 Å². The van der Waals surface area contributed by atoms with Crippen LogP contribution in [0.3, 0.4) is 0 Å². The largest absolute Gasteiger partial charge is 0.484 e. The average molecular weight is 323 g/mol. The van der Waals surface area contributed by atoms with Crippen LogP contribution in [0.25, 0.3) is 0 Å². The van der Waals surface area contributed by atoms with Crippen LogP contribution in [0.5, 0.6) is 5.75 Å². The van der Waals surface area contributed by atoms with E-state index in [2.05, 4.69) is 25.9 Å². The van der Waals surface area contributed by atoms with Gasteiger partial charge in [0.1, 0.15) is 17.9 Å². The minimum absolute atomic E-state index is 0.114. The molecule has 1 heterocycles. The molecule has 2 aromatic rings. The van der Waals surface area contributed by atoms with Crippen LogP contribution in [0.2, 0.25) is 0 Å². The Morgan fingerprint density at radius 2 is 2.05 bits per heavy atom. The molecule has 0 aliphatic carbocycles. The Hall–Kier alpha value is -1.95. The van der Waals surface area contributed by atoms with Crippen LogP contribution in [0.15, 0.2) is 35.1 Å². The van der Waals surface area contributed by atoms with E-state index in [-0.39, 0.29) is 12.2 Å². The number of carboxylic acids is 1. The van der Waals surface area contributed by atoms with Gasteiger partial charge in [0.05, 0.1) is 0 Å². The van der Waals surface area contributed by atoms with E-state index in [1.807, 2.05) is 0 Å². The minimum atomic E-state index is -1.03. The molecule has 0 saturated carbocycles. The third-order valence-corrected chi connectivity index (χ3v) is 2.89. The molecule has 1 aromatic carbocycles. The van der Waals surface area contributed by atoms with Crippen molar-refractivity contribution in [2.75, 3.05) is 0 Å². The Morgan fingerprint density at radius 3 is 2.68 bits per heavy atom. The Kier molecular flexibility index (Phi) is 4.11. The van der Waals surface area contributed by atoms with Crippen LogP contribution in [0.1, 0.15) is 21.7 Å². The topological polar surface area (TPSA) is 72.3 Å². The first kappa shape index (κ1) is 13.5. The van der Waals surface area contributed by atoms with Gasteiger partial charge in [-0.05, 0) is 30.7 Å². The molecule has 0 saturated heterocycles. The summed E-state index contributed by atoms with van der Waals surface area (Å²) in [6.07, 6.45) is 3.22. The summed E-state index contributed by atoms with van der Waals surface area (Å²) in [5, 5.41) is 9.18. The molecule has 0 bridgehead atoms. The van der Waals surface area contributed by atoms with Crippen molar-refractivity contribution >= 4 is 21.9 Å². The molecule has 0 unspecified atom stereocenters. The number of hydrogen-bond acceptors (Lipinski definition) is 4. The van der Waals surface area contributed by atoms with E-state index in [1.54, 1.807) is 31.5 Å². The third-order valence-electron chi connectivity index (χ3n) is 2.43. The molecule has 1 N–H and O–H groups in total. The van der Waals surface area contributed by atoms with E-state index in [9.17, 15) is 9.90 Å². The molecule has 0 fully saturated rings. The van der Waals surface area contributed by atoms with Crippen molar-refractivity contribution in [3.05, 3.63) is 52.0 Å².